The first-order chi connectivity index (χ1) is 20.0. The van der Waals surface area contributed by atoms with Crippen molar-refractivity contribution in [3.8, 4) is 0 Å². The first-order valence-corrected chi connectivity index (χ1v) is 14.2. The molecule has 12 nitrogen and oxygen atoms in total. The fraction of sp³-hybridized carbons (Fsp3) is 0.207. The number of esters is 1. The van der Waals surface area contributed by atoms with E-state index in [1.165, 1.54) is 25.3 Å². The minimum absolute atomic E-state index is 0.0300. The summed E-state index contributed by atoms with van der Waals surface area (Å²) in [5.74, 6) is -3.07. The number of hydrogen-bond acceptors (Lipinski definition) is 9. The average molecular weight is 592 g/mol. The molecule has 3 aromatic rings. The monoisotopic (exact) mass is 591 g/mol. The van der Waals surface area contributed by atoms with Gasteiger partial charge in [0.25, 0.3) is 5.91 Å². The number of sulfone groups is 1. The van der Waals surface area contributed by atoms with E-state index >= 15 is 0 Å². The number of aromatic carboxylic acids is 1. The highest BCUT2D eigenvalue weighted by Gasteiger charge is 2.73. The molecule has 42 heavy (non-hydrogen) atoms. The van der Waals surface area contributed by atoms with Crippen LogP contribution in [0.5, 0.6) is 0 Å². The Hall–Kier alpha value is -5.04. The summed E-state index contributed by atoms with van der Waals surface area (Å²) in [4.78, 5) is 55.1. The lowest BCUT2D eigenvalue weighted by atomic mass is 9.93. The number of amides is 2. The first-order valence-electron chi connectivity index (χ1n) is 12.7. The lowest BCUT2D eigenvalue weighted by Gasteiger charge is -2.39. The molecule has 3 N–H and O–H groups in total. The van der Waals surface area contributed by atoms with Crippen LogP contribution >= 0.6 is 0 Å². The van der Waals surface area contributed by atoms with Gasteiger partial charge in [0, 0.05) is 6.20 Å². The zero-order valence-corrected chi connectivity index (χ0v) is 22.9. The number of carboxylic acids is 1. The molecule has 0 aliphatic carbocycles. The van der Waals surface area contributed by atoms with Gasteiger partial charge in [-0.1, -0.05) is 60.7 Å². The van der Waals surface area contributed by atoms with Crippen molar-refractivity contribution < 1.29 is 42.2 Å². The van der Waals surface area contributed by atoms with E-state index in [2.05, 4.69) is 4.98 Å². The molecule has 0 radical (unpaired) electrons. The summed E-state index contributed by atoms with van der Waals surface area (Å²) >= 11 is 0. The van der Waals surface area contributed by atoms with E-state index in [4.69, 9.17) is 15.2 Å². The Labute approximate surface area is 240 Å². The lowest BCUT2D eigenvalue weighted by Crippen LogP contribution is -2.60. The van der Waals surface area contributed by atoms with Crippen LogP contribution in [0.2, 0.25) is 0 Å². The number of rotatable bonds is 8. The van der Waals surface area contributed by atoms with Gasteiger partial charge in [-0.25, -0.2) is 22.8 Å². The van der Waals surface area contributed by atoms with E-state index in [0.717, 1.165) is 11.0 Å². The third-order valence-electron chi connectivity index (χ3n) is 7.29. The van der Waals surface area contributed by atoms with Gasteiger partial charge in [0.1, 0.15) is 11.4 Å². The Morgan fingerprint density at radius 1 is 1.07 bits per heavy atom. The second-order valence-electron chi connectivity index (χ2n) is 9.95. The van der Waals surface area contributed by atoms with Gasteiger partial charge in [0.05, 0.1) is 16.8 Å². The number of aromatic nitrogens is 1. The van der Waals surface area contributed by atoms with Gasteiger partial charge < -0.3 is 25.2 Å². The number of pyridine rings is 1. The zero-order valence-electron chi connectivity index (χ0n) is 22.1. The van der Waals surface area contributed by atoms with Crippen molar-refractivity contribution in [2.75, 3.05) is 6.61 Å². The van der Waals surface area contributed by atoms with E-state index in [-0.39, 0.29) is 16.8 Å². The number of benzene rings is 2. The molecule has 0 bridgehead atoms. The smallest absolute Gasteiger partial charge is 0.404 e. The minimum atomic E-state index is -4.45. The van der Waals surface area contributed by atoms with Crippen LogP contribution < -0.4 is 5.73 Å². The number of primary amides is 1. The van der Waals surface area contributed by atoms with Crippen molar-refractivity contribution in [2.45, 2.75) is 29.2 Å². The van der Waals surface area contributed by atoms with Crippen LogP contribution in [0.15, 0.2) is 84.6 Å². The molecule has 2 aliphatic rings. The van der Waals surface area contributed by atoms with Gasteiger partial charge in [-0.15, -0.1) is 0 Å². The number of nitrogens with two attached hydrogens (primary N) is 1. The van der Waals surface area contributed by atoms with Gasteiger partial charge in [-0.05, 0) is 36.3 Å². The van der Waals surface area contributed by atoms with Gasteiger partial charge in [-0.2, -0.15) is 0 Å². The molecule has 2 fully saturated rings. The van der Waals surface area contributed by atoms with Crippen molar-refractivity contribution in [2.24, 2.45) is 5.73 Å². The summed E-state index contributed by atoms with van der Waals surface area (Å²) in [6.45, 7) is 0.357. The molecule has 5 rings (SSSR count). The first kappa shape index (κ1) is 28.5. The van der Waals surface area contributed by atoms with Crippen LogP contribution in [0.3, 0.4) is 0 Å². The predicted octanol–water partition coefficient (Wildman–Crippen LogP) is 2.32. The van der Waals surface area contributed by atoms with Crippen molar-refractivity contribution >= 4 is 39.9 Å². The van der Waals surface area contributed by atoms with Crippen molar-refractivity contribution in [1.29, 1.82) is 0 Å². The molecule has 2 saturated heterocycles. The van der Waals surface area contributed by atoms with E-state index in [0.29, 0.717) is 11.1 Å². The van der Waals surface area contributed by atoms with E-state index < -0.39 is 62.6 Å². The number of carbonyl (C=O) groups excluding carboxylic acids is 3. The highest BCUT2D eigenvalue weighted by molar-refractivity contribution is 7.94. The molecule has 0 saturated carbocycles. The van der Waals surface area contributed by atoms with Gasteiger partial charge in [-0.3, -0.25) is 9.78 Å². The number of carboxylic acid groups (broad SMARTS) is 1. The number of hydrogen-bond donors (Lipinski definition) is 2. The molecule has 216 valence electrons. The molecule has 3 heterocycles. The van der Waals surface area contributed by atoms with Crippen LogP contribution in [0, 0.1) is 0 Å². The molecular weight excluding hydrogens is 566 g/mol. The van der Waals surface area contributed by atoms with E-state index in [1.807, 2.05) is 0 Å². The molecule has 3 atom stereocenters. The summed E-state index contributed by atoms with van der Waals surface area (Å²) in [6, 6.07) is 18.3. The summed E-state index contributed by atoms with van der Waals surface area (Å²) in [5, 5.41) is 7.68. The third-order valence-corrected chi connectivity index (χ3v) is 10.0. The Morgan fingerprint density at radius 3 is 2.21 bits per heavy atom. The van der Waals surface area contributed by atoms with Crippen LogP contribution in [0.4, 0.5) is 4.79 Å². The quantitative estimate of drug-likeness (QED) is 0.224. The molecule has 0 spiro atoms. The summed E-state index contributed by atoms with van der Waals surface area (Å²) in [6.07, 6.45) is 0.152. The number of ether oxygens (including phenoxy) is 2. The largest absolute Gasteiger partial charge is 0.478 e. The van der Waals surface area contributed by atoms with Gasteiger partial charge >= 0.3 is 18.0 Å². The van der Waals surface area contributed by atoms with E-state index in [9.17, 15) is 32.7 Å². The van der Waals surface area contributed by atoms with Gasteiger partial charge in [0.2, 0.25) is 0 Å². The van der Waals surface area contributed by atoms with Crippen LogP contribution in [-0.2, 0) is 28.9 Å². The predicted molar refractivity (Wildman–Crippen MR) is 147 cm³/mol. The second kappa shape index (κ2) is 10.7. The normalized spacial score (nSPS) is 23.2. The average Bonchev–Trinajstić information content (AvgIpc) is 3.14. The minimum Gasteiger partial charge on any atom is -0.478 e. The van der Waals surface area contributed by atoms with Crippen molar-refractivity contribution in [1.82, 2.24) is 9.88 Å². The molecule has 1 aromatic heterocycles. The Morgan fingerprint density at radius 2 is 1.67 bits per heavy atom. The molecule has 2 amide bonds. The highest BCUT2D eigenvalue weighted by Crippen LogP contribution is 2.50. The molecule has 2 aromatic carbocycles. The standard InChI is InChI=1S/C29H25N3O9S/c1-29(16-40-28(30)37)23(27(36)41-22(17-8-4-2-5-9-17)18-10-6-3-7-11-18)32-24(33)21(25(32)42(29,38)39)15-20-14-19(26(34)35)12-13-31-20/h2-15,22-23,25H,16H2,1H3,(H2,30,37)(H,34,35)/b21-15-/t23-,25?,29-/m0/s1. The lowest BCUT2D eigenvalue weighted by molar-refractivity contribution is -0.161. The van der Waals surface area contributed by atoms with Crippen LogP contribution in [0.25, 0.3) is 6.08 Å². The van der Waals surface area contributed by atoms with Gasteiger partial charge in [0.15, 0.2) is 27.4 Å². The Balaban J connectivity index is 1.56. The topological polar surface area (TPSA) is 183 Å². The number of nitrogens with zero attached hydrogens (tertiary/aromatic N) is 2. The van der Waals surface area contributed by atoms with Crippen molar-refractivity contribution in [3.63, 3.8) is 0 Å². The fourth-order valence-electron chi connectivity index (χ4n) is 5.17. The fourth-order valence-corrected chi connectivity index (χ4v) is 7.45. The maximum Gasteiger partial charge on any atom is 0.404 e. The molecule has 13 heteroatoms. The second-order valence-corrected chi connectivity index (χ2v) is 12.4. The summed E-state index contributed by atoms with van der Waals surface area (Å²) in [5.41, 5.74) is 6.02. The van der Waals surface area contributed by atoms with Crippen LogP contribution in [0.1, 0.15) is 40.2 Å². The number of β-lactam (4-membered cyclic amide) rings is 1. The van der Waals surface area contributed by atoms with Crippen molar-refractivity contribution in [3.05, 3.63) is 107 Å². The maximum absolute atomic E-state index is 14.0. The molecule has 1 unspecified atom stereocenters. The number of fused-ring (bicyclic) bond motifs is 1. The summed E-state index contributed by atoms with van der Waals surface area (Å²) in [7, 11) is -4.45. The molecular formula is C29H25N3O9S. The highest BCUT2D eigenvalue weighted by atomic mass is 32.2. The molecule has 2 aliphatic heterocycles. The third kappa shape index (κ3) is 4.77. The zero-order chi connectivity index (χ0) is 30.2. The Bertz CT molecular complexity index is 1670. The SMILES string of the molecule is C[C@]1(COC(N)=O)[C@H](C(=O)OC(c2ccccc2)c2ccccc2)N2C(=O)/C(=C/c3cc(C(=O)O)ccn3)C2S1(=O)=O. The van der Waals surface area contributed by atoms with E-state index in [1.54, 1.807) is 60.7 Å². The maximum atomic E-state index is 14.0. The Kier molecular flexibility index (Phi) is 7.29. The summed E-state index contributed by atoms with van der Waals surface area (Å²) < 4.78 is 36.6. The number of carbonyl (C=O) groups is 4. The van der Waals surface area contributed by atoms with Crippen LogP contribution in [-0.4, -0.2) is 70.1 Å².